The number of carbonyl (C=O) groups is 1. The fourth-order valence-electron chi connectivity index (χ4n) is 1.54. The van der Waals surface area contributed by atoms with Gasteiger partial charge in [-0.25, -0.2) is 0 Å². The molecule has 4 nitrogen and oxygen atoms in total. The van der Waals surface area contributed by atoms with Crippen LogP contribution >= 0.6 is 12.4 Å². The summed E-state index contributed by atoms with van der Waals surface area (Å²) in [6, 6.07) is 0. The van der Waals surface area contributed by atoms with Crippen LogP contribution in [-0.4, -0.2) is 38.8 Å². The van der Waals surface area contributed by atoms with Crippen LogP contribution in [0.3, 0.4) is 0 Å². The first-order valence-corrected chi connectivity index (χ1v) is 5.38. The predicted molar refractivity (Wildman–Crippen MR) is 62.4 cm³/mol. The maximum Gasteiger partial charge on any atom is 0.249 e. The molecule has 90 valence electrons. The Morgan fingerprint density at radius 1 is 1.40 bits per heavy atom. The van der Waals surface area contributed by atoms with Crippen LogP contribution in [0.1, 0.15) is 25.7 Å². The van der Waals surface area contributed by atoms with Crippen LogP contribution in [0, 0.1) is 0 Å². The highest BCUT2D eigenvalue weighted by atomic mass is 35.5. The van der Waals surface area contributed by atoms with Gasteiger partial charge in [-0.05, 0) is 39.3 Å². The Labute approximate surface area is 97.5 Å². The molecule has 1 aliphatic rings. The van der Waals surface area contributed by atoms with Gasteiger partial charge >= 0.3 is 0 Å². The Morgan fingerprint density at radius 2 is 2.20 bits per heavy atom. The van der Waals surface area contributed by atoms with E-state index >= 15 is 0 Å². The molecule has 5 heteroatoms. The van der Waals surface area contributed by atoms with Crippen LogP contribution < -0.4 is 10.6 Å². The van der Waals surface area contributed by atoms with Crippen molar-refractivity contribution >= 4 is 18.3 Å². The van der Waals surface area contributed by atoms with Gasteiger partial charge in [0.2, 0.25) is 5.91 Å². The number of hydrogen-bond acceptors (Lipinski definition) is 3. The summed E-state index contributed by atoms with van der Waals surface area (Å²) >= 11 is 0. The second-order valence-corrected chi connectivity index (χ2v) is 3.60. The lowest BCUT2D eigenvalue weighted by molar-refractivity contribution is -0.135. The van der Waals surface area contributed by atoms with E-state index in [1.807, 2.05) is 7.05 Å². The van der Waals surface area contributed by atoms with Crippen molar-refractivity contribution in [2.45, 2.75) is 31.8 Å². The van der Waals surface area contributed by atoms with E-state index in [9.17, 15) is 4.79 Å². The van der Waals surface area contributed by atoms with Gasteiger partial charge in [-0.15, -0.1) is 12.4 Å². The molecular weight excluding hydrogens is 216 g/mol. The van der Waals surface area contributed by atoms with Gasteiger partial charge in [0.1, 0.15) is 6.10 Å². The van der Waals surface area contributed by atoms with E-state index in [0.717, 1.165) is 45.4 Å². The fourth-order valence-corrected chi connectivity index (χ4v) is 1.54. The zero-order valence-electron chi connectivity index (χ0n) is 9.25. The SMILES string of the molecule is CNCCCNC(=O)C1CCCCO1.Cl. The van der Waals surface area contributed by atoms with E-state index in [-0.39, 0.29) is 24.4 Å². The van der Waals surface area contributed by atoms with Gasteiger partial charge < -0.3 is 15.4 Å². The summed E-state index contributed by atoms with van der Waals surface area (Å²) in [5.74, 6) is 0.0563. The quantitative estimate of drug-likeness (QED) is 0.691. The lowest BCUT2D eigenvalue weighted by Crippen LogP contribution is -2.39. The largest absolute Gasteiger partial charge is 0.368 e. The van der Waals surface area contributed by atoms with Gasteiger partial charge in [-0.1, -0.05) is 0 Å². The summed E-state index contributed by atoms with van der Waals surface area (Å²) in [4.78, 5) is 11.5. The molecular formula is C10H21ClN2O2. The summed E-state index contributed by atoms with van der Waals surface area (Å²) in [7, 11) is 1.91. The number of amides is 1. The minimum atomic E-state index is -0.196. The normalized spacial score (nSPS) is 20.5. The van der Waals surface area contributed by atoms with E-state index in [4.69, 9.17) is 4.74 Å². The molecule has 0 bridgehead atoms. The van der Waals surface area contributed by atoms with Crippen LogP contribution in [0.2, 0.25) is 0 Å². The number of rotatable bonds is 5. The third-order valence-electron chi connectivity index (χ3n) is 2.37. The van der Waals surface area contributed by atoms with Crippen molar-refractivity contribution in [1.29, 1.82) is 0 Å². The first-order chi connectivity index (χ1) is 6.84. The van der Waals surface area contributed by atoms with Crippen molar-refractivity contribution in [2.24, 2.45) is 0 Å². The van der Waals surface area contributed by atoms with Crippen molar-refractivity contribution in [3.63, 3.8) is 0 Å². The number of nitrogens with one attached hydrogen (secondary N) is 2. The maximum atomic E-state index is 11.5. The molecule has 1 unspecified atom stereocenters. The molecule has 1 fully saturated rings. The molecule has 0 aromatic carbocycles. The lowest BCUT2D eigenvalue weighted by atomic mass is 10.1. The van der Waals surface area contributed by atoms with E-state index in [0.29, 0.717) is 0 Å². The Kier molecular flexibility index (Phi) is 8.76. The summed E-state index contributed by atoms with van der Waals surface area (Å²) in [6.07, 6.45) is 3.84. The molecule has 1 aliphatic heterocycles. The van der Waals surface area contributed by atoms with E-state index in [1.54, 1.807) is 0 Å². The van der Waals surface area contributed by atoms with Crippen LogP contribution in [0.4, 0.5) is 0 Å². The van der Waals surface area contributed by atoms with Crippen molar-refractivity contribution in [1.82, 2.24) is 10.6 Å². The molecule has 0 spiro atoms. The summed E-state index contributed by atoms with van der Waals surface area (Å²) in [5.41, 5.74) is 0. The molecule has 0 aromatic rings. The van der Waals surface area contributed by atoms with Crippen molar-refractivity contribution in [3.8, 4) is 0 Å². The van der Waals surface area contributed by atoms with Gasteiger partial charge in [-0.2, -0.15) is 0 Å². The molecule has 0 aliphatic carbocycles. The van der Waals surface area contributed by atoms with Gasteiger partial charge in [0.05, 0.1) is 0 Å². The molecule has 1 rings (SSSR count). The molecule has 0 aromatic heterocycles. The Morgan fingerprint density at radius 3 is 2.80 bits per heavy atom. The third-order valence-corrected chi connectivity index (χ3v) is 2.37. The van der Waals surface area contributed by atoms with Crippen molar-refractivity contribution in [2.75, 3.05) is 26.7 Å². The van der Waals surface area contributed by atoms with Crippen molar-refractivity contribution in [3.05, 3.63) is 0 Å². The molecule has 2 N–H and O–H groups in total. The highest BCUT2D eigenvalue weighted by Gasteiger charge is 2.20. The van der Waals surface area contributed by atoms with Gasteiger partial charge in [0.15, 0.2) is 0 Å². The summed E-state index contributed by atoms with van der Waals surface area (Å²) in [5, 5.41) is 5.92. The summed E-state index contributed by atoms with van der Waals surface area (Å²) < 4.78 is 5.37. The van der Waals surface area contributed by atoms with Crippen molar-refractivity contribution < 1.29 is 9.53 Å². The average Bonchev–Trinajstić information content (AvgIpc) is 2.25. The van der Waals surface area contributed by atoms with Gasteiger partial charge in [0, 0.05) is 13.2 Å². The summed E-state index contributed by atoms with van der Waals surface area (Å²) in [6.45, 7) is 2.40. The molecule has 1 amide bonds. The highest BCUT2D eigenvalue weighted by Crippen LogP contribution is 2.12. The van der Waals surface area contributed by atoms with E-state index < -0.39 is 0 Å². The molecule has 0 saturated carbocycles. The number of hydrogen-bond donors (Lipinski definition) is 2. The Balaban J connectivity index is 0.00000196. The lowest BCUT2D eigenvalue weighted by Gasteiger charge is -2.21. The molecule has 1 atom stereocenters. The number of carbonyl (C=O) groups excluding carboxylic acids is 1. The monoisotopic (exact) mass is 236 g/mol. The minimum Gasteiger partial charge on any atom is -0.368 e. The first kappa shape index (κ1) is 14.7. The van der Waals surface area contributed by atoms with Crippen LogP contribution in [0.5, 0.6) is 0 Å². The topological polar surface area (TPSA) is 50.4 Å². The minimum absolute atomic E-state index is 0. The third kappa shape index (κ3) is 5.97. The van der Waals surface area contributed by atoms with Gasteiger partial charge in [0.25, 0.3) is 0 Å². The second kappa shape index (κ2) is 8.95. The Bertz CT molecular complexity index is 173. The smallest absolute Gasteiger partial charge is 0.249 e. The van der Waals surface area contributed by atoms with Crippen LogP contribution in [0.25, 0.3) is 0 Å². The molecule has 0 radical (unpaired) electrons. The maximum absolute atomic E-state index is 11.5. The van der Waals surface area contributed by atoms with E-state index in [2.05, 4.69) is 10.6 Å². The Hall–Kier alpha value is -0.320. The zero-order valence-corrected chi connectivity index (χ0v) is 10.1. The number of ether oxygens (including phenoxy) is 1. The zero-order chi connectivity index (χ0) is 10.2. The first-order valence-electron chi connectivity index (χ1n) is 5.38. The van der Waals surface area contributed by atoms with Crippen LogP contribution in [-0.2, 0) is 9.53 Å². The molecule has 15 heavy (non-hydrogen) atoms. The number of halogens is 1. The highest BCUT2D eigenvalue weighted by molar-refractivity contribution is 5.85. The van der Waals surface area contributed by atoms with Crippen LogP contribution in [0.15, 0.2) is 0 Å². The predicted octanol–water partition coefficient (Wildman–Crippen LogP) is 0.703. The standard InChI is InChI=1S/C10H20N2O2.ClH/c1-11-6-4-7-12-10(13)9-5-2-3-8-14-9;/h9,11H,2-8H2,1H3,(H,12,13);1H. The van der Waals surface area contributed by atoms with Gasteiger partial charge in [-0.3, -0.25) is 4.79 Å². The molecule has 1 heterocycles. The average molecular weight is 237 g/mol. The second-order valence-electron chi connectivity index (χ2n) is 3.60. The fraction of sp³-hybridized carbons (Fsp3) is 0.900. The van der Waals surface area contributed by atoms with E-state index in [1.165, 1.54) is 0 Å². The molecule has 1 saturated heterocycles.